The molecule has 0 radical (unpaired) electrons. The predicted octanol–water partition coefficient (Wildman–Crippen LogP) is 3.87. The van der Waals surface area contributed by atoms with Crippen LogP contribution in [0.5, 0.6) is 5.75 Å². The summed E-state index contributed by atoms with van der Waals surface area (Å²) in [6, 6.07) is 12.0. The van der Waals surface area contributed by atoms with Gasteiger partial charge in [0.1, 0.15) is 11.6 Å². The smallest absolute Gasteiger partial charge is 0.123 e. The van der Waals surface area contributed by atoms with Crippen molar-refractivity contribution in [1.29, 1.82) is 0 Å². The van der Waals surface area contributed by atoms with Gasteiger partial charge >= 0.3 is 0 Å². The molecular formula is C17H17FO2. The van der Waals surface area contributed by atoms with Gasteiger partial charge in [-0.05, 0) is 60.2 Å². The Morgan fingerprint density at radius 3 is 2.35 bits per heavy atom. The van der Waals surface area contributed by atoms with Crippen LogP contribution in [-0.2, 0) is 5.60 Å². The van der Waals surface area contributed by atoms with Crippen molar-refractivity contribution < 1.29 is 14.2 Å². The Bertz CT molecular complexity index is 615. The molecule has 3 rings (SSSR count). The van der Waals surface area contributed by atoms with Gasteiger partial charge in [-0.3, -0.25) is 0 Å². The summed E-state index contributed by atoms with van der Waals surface area (Å²) in [6.45, 7) is 0. The average Bonchev–Trinajstić information content (AvgIpc) is 2.45. The Kier molecular flexibility index (Phi) is 3.22. The lowest BCUT2D eigenvalue weighted by Crippen LogP contribution is -2.34. The fraction of sp³-hybridized carbons (Fsp3) is 0.294. The number of aliphatic hydroxyl groups is 1. The van der Waals surface area contributed by atoms with Gasteiger partial charge in [-0.15, -0.1) is 0 Å². The highest BCUT2D eigenvalue weighted by Crippen LogP contribution is 2.45. The Hall–Kier alpha value is -1.87. The minimum Gasteiger partial charge on any atom is -0.497 e. The number of methoxy groups -OCH3 is 1. The Balaban J connectivity index is 2.13. The average molecular weight is 272 g/mol. The van der Waals surface area contributed by atoms with Crippen LogP contribution in [0, 0.1) is 5.82 Å². The first-order valence-electron chi connectivity index (χ1n) is 6.79. The van der Waals surface area contributed by atoms with Crippen LogP contribution in [0.4, 0.5) is 4.39 Å². The van der Waals surface area contributed by atoms with Gasteiger partial charge < -0.3 is 9.84 Å². The summed E-state index contributed by atoms with van der Waals surface area (Å²) < 4.78 is 18.3. The van der Waals surface area contributed by atoms with Crippen LogP contribution in [0.1, 0.15) is 24.8 Å². The van der Waals surface area contributed by atoms with Crippen LogP contribution in [0.3, 0.4) is 0 Å². The van der Waals surface area contributed by atoms with Crippen LogP contribution in [0.15, 0.2) is 42.5 Å². The summed E-state index contributed by atoms with van der Waals surface area (Å²) in [5.41, 5.74) is 1.94. The number of benzene rings is 2. The van der Waals surface area contributed by atoms with Gasteiger partial charge in [0.25, 0.3) is 0 Å². The predicted molar refractivity (Wildman–Crippen MR) is 76.1 cm³/mol. The monoisotopic (exact) mass is 272 g/mol. The standard InChI is InChI=1S/C17H17FO2/c1-20-14-7-8-16(17(19)9-2-10-17)15(11-14)12-3-5-13(18)6-4-12/h3-8,11,19H,2,9-10H2,1H3. The second-order valence-corrected chi connectivity index (χ2v) is 5.30. The van der Waals surface area contributed by atoms with E-state index in [2.05, 4.69) is 0 Å². The molecule has 20 heavy (non-hydrogen) atoms. The highest BCUT2D eigenvalue weighted by molar-refractivity contribution is 5.70. The van der Waals surface area contributed by atoms with Crippen molar-refractivity contribution in [2.45, 2.75) is 24.9 Å². The molecule has 0 unspecified atom stereocenters. The normalized spacial score (nSPS) is 16.6. The minimum absolute atomic E-state index is 0.263. The number of halogens is 1. The van der Waals surface area contributed by atoms with E-state index in [-0.39, 0.29) is 5.82 Å². The van der Waals surface area contributed by atoms with E-state index in [1.54, 1.807) is 19.2 Å². The molecule has 1 saturated carbocycles. The van der Waals surface area contributed by atoms with E-state index in [4.69, 9.17) is 4.74 Å². The third-order valence-electron chi connectivity index (χ3n) is 4.06. The Labute approximate surface area is 117 Å². The Morgan fingerprint density at radius 1 is 1.10 bits per heavy atom. The van der Waals surface area contributed by atoms with Gasteiger partial charge in [-0.1, -0.05) is 18.2 Å². The maximum absolute atomic E-state index is 13.1. The molecule has 0 aliphatic heterocycles. The molecule has 104 valence electrons. The van der Waals surface area contributed by atoms with Crippen LogP contribution >= 0.6 is 0 Å². The fourth-order valence-electron chi connectivity index (χ4n) is 2.71. The van der Waals surface area contributed by atoms with Gasteiger partial charge in [0, 0.05) is 0 Å². The summed E-state index contributed by atoms with van der Waals surface area (Å²) >= 11 is 0. The zero-order chi connectivity index (χ0) is 14.2. The van der Waals surface area contributed by atoms with Crippen molar-refractivity contribution >= 4 is 0 Å². The summed E-state index contributed by atoms with van der Waals surface area (Å²) in [5.74, 6) is 0.469. The van der Waals surface area contributed by atoms with Crippen molar-refractivity contribution in [1.82, 2.24) is 0 Å². The maximum atomic E-state index is 13.1. The lowest BCUT2D eigenvalue weighted by atomic mass is 9.73. The molecule has 0 saturated heterocycles. The van der Waals surface area contributed by atoms with Crippen LogP contribution in [-0.4, -0.2) is 12.2 Å². The topological polar surface area (TPSA) is 29.5 Å². The van der Waals surface area contributed by atoms with Gasteiger partial charge in [0.05, 0.1) is 12.7 Å². The third-order valence-corrected chi connectivity index (χ3v) is 4.06. The van der Waals surface area contributed by atoms with E-state index in [0.29, 0.717) is 0 Å². The number of rotatable bonds is 3. The molecule has 0 atom stereocenters. The first-order valence-corrected chi connectivity index (χ1v) is 6.79. The molecule has 1 fully saturated rings. The molecule has 3 heteroatoms. The number of hydrogen-bond acceptors (Lipinski definition) is 2. The molecule has 2 aromatic rings. The van der Waals surface area contributed by atoms with Crippen molar-refractivity contribution in [2.75, 3.05) is 7.11 Å². The van der Waals surface area contributed by atoms with E-state index in [1.165, 1.54) is 12.1 Å². The summed E-state index contributed by atoms with van der Waals surface area (Å²) in [7, 11) is 1.61. The van der Waals surface area contributed by atoms with E-state index in [0.717, 1.165) is 41.7 Å². The minimum atomic E-state index is -0.754. The third kappa shape index (κ3) is 2.18. The molecule has 0 aromatic heterocycles. The maximum Gasteiger partial charge on any atom is 0.123 e. The molecule has 1 aliphatic rings. The lowest BCUT2D eigenvalue weighted by molar-refractivity contribution is -0.0382. The van der Waals surface area contributed by atoms with E-state index in [1.807, 2.05) is 18.2 Å². The Morgan fingerprint density at radius 2 is 1.80 bits per heavy atom. The molecule has 0 heterocycles. The van der Waals surface area contributed by atoms with Gasteiger partial charge in [0.2, 0.25) is 0 Å². The second kappa shape index (κ2) is 4.91. The zero-order valence-corrected chi connectivity index (χ0v) is 11.4. The highest BCUT2D eigenvalue weighted by Gasteiger charge is 2.38. The first-order chi connectivity index (χ1) is 9.62. The van der Waals surface area contributed by atoms with Crippen molar-refractivity contribution in [2.24, 2.45) is 0 Å². The molecule has 1 aliphatic carbocycles. The van der Waals surface area contributed by atoms with Crippen molar-refractivity contribution in [3.63, 3.8) is 0 Å². The molecular weight excluding hydrogens is 255 g/mol. The highest BCUT2D eigenvalue weighted by atomic mass is 19.1. The summed E-state index contributed by atoms with van der Waals surface area (Å²) in [5, 5.41) is 10.6. The molecule has 2 aromatic carbocycles. The molecule has 0 amide bonds. The second-order valence-electron chi connectivity index (χ2n) is 5.30. The van der Waals surface area contributed by atoms with Crippen molar-refractivity contribution in [3.8, 4) is 16.9 Å². The van der Waals surface area contributed by atoms with Crippen LogP contribution < -0.4 is 4.74 Å². The number of hydrogen-bond donors (Lipinski definition) is 1. The summed E-state index contributed by atoms with van der Waals surface area (Å²) in [6.07, 6.45) is 2.58. The van der Waals surface area contributed by atoms with Crippen molar-refractivity contribution in [3.05, 3.63) is 53.8 Å². The molecule has 1 N–H and O–H groups in total. The largest absolute Gasteiger partial charge is 0.497 e. The van der Waals surface area contributed by atoms with E-state index in [9.17, 15) is 9.50 Å². The summed E-state index contributed by atoms with van der Waals surface area (Å²) in [4.78, 5) is 0. The van der Waals surface area contributed by atoms with Crippen LogP contribution in [0.25, 0.3) is 11.1 Å². The quantitative estimate of drug-likeness (QED) is 0.919. The number of ether oxygens (including phenoxy) is 1. The molecule has 0 bridgehead atoms. The SMILES string of the molecule is COc1ccc(C2(O)CCC2)c(-c2ccc(F)cc2)c1. The fourth-order valence-corrected chi connectivity index (χ4v) is 2.71. The first kappa shape index (κ1) is 13.1. The van der Waals surface area contributed by atoms with Gasteiger partial charge in [-0.25, -0.2) is 4.39 Å². The van der Waals surface area contributed by atoms with E-state index >= 15 is 0 Å². The van der Waals surface area contributed by atoms with Crippen LogP contribution in [0.2, 0.25) is 0 Å². The lowest BCUT2D eigenvalue weighted by Gasteiger charge is -2.38. The zero-order valence-electron chi connectivity index (χ0n) is 11.4. The van der Waals surface area contributed by atoms with Gasteiger partial charge in [-0.2, -0.15) is 0 Å². The molecule has 2 nitrogen and oxygen atoms in total. The molecule has 0 spiro atoms. The van der Waals surface area contributed by atoms with Gasteiger partial charge in [0.15, 0.2) is 0 Å². The van der Waals surface area contributed by atoms with E-state index < -0.39 is 5.60 Å².